The third-order valence-corrected chi connectivity index (χ3v) is 3.59. The largest absolute Gasteiger partial charge is 0.506 e. The second-order valence-corrected chi connectivity index (χ2v) is 5.54. The Balaban J connectivity index is 2.26. The van der Waals surface area contributed by atoms with Crippen LogP contribution in [0.4, 0.5) is 0 Å². The van der Waals surface area contributed by atoms with Crippen LogP contribution in [0.3, 0.4) is 0 Å². The molecule has 2 N–H and O–H groups in total. The fourth-order valence-electron chi connectivity index (χ4n) is 1.69. The predicted molar refractivity (Wildman–Crippen MR) is 71.5 cm³/mol. The molecule has 0 saturated carbocycles. The van der Waals surface area contributed by atoms with E-state index < -0.39 is 10.1 Å². The molecule has 7 heteroatoms. The molecule has 1 heterocycles. The summed E-state index contributed by atoms with van der Waals surface area (Å²) in [5.41, 5.74) is 1.16. The quantitative estimate of drug-likeness (QED) is 0.832. The summed E-state index contributed by atoms with van der Waals surface area (Å²) in [6.45, 7) is 0. The van der Waals surface area contributed by atoms with Gasteiger partial charge in [0.05, 0.1) is 17.7 Å². The van der Waals surface area contributed by atoms with Crippen LogP contribution < -0.4 is 4.74 Å². The minimum absolute atomic E-state index is 0.0321. The summed E-state index contributed by atoms with van der Waals surface area (Å²) in [4.78, 5) is 3.94. The van der Waals surface area contributed by atoms with Crippen molar-refractivity contribution < 1.29 is 22.8 Å². The van der Waals surface area contributed by atoms with E-state index in [0.29, 0.717) is 18.0 Å². The highest BCUT2D eigenvalue weighted by molar-refractivity contribution is 7.85. The maximum Gasteiger partial charge on any atom is 0.294 e. The average Bonchev–Trinajstić information content (AvgIpc) is 2.41. The van der Waals surface area contributed by atoms with Crippen molar-refractivity contribution in [2.24, 2.45) is 0 Å². The standard InChI is InChI=1S/C13H13NO5S/c1-19-13-7-6-12(15)11(14-13)8-9-2-4-10(5-3-9)20(16,17)18/h2-7,15H,8H2,1H3,(H,16,17,18). The van der Waals surface area contributed by atoms with Crippen molar-refractivity contribution in [1.82, 2.24) is 4.98 Å². The Bertz CT molecular complexity index is 710. The molecule has 0 radical (unpaired) electrons. The SMILES string of the molecule is COc1ccc(O)c(Cc2ccc(S(=O)(=O)O)cc2)n1. The van der Waals surface area contributed by atoms with E-state index in [-0.39, 0.29) is 10.6 Å². The molecule has 1 aromatic heterocycles. The van der Waals surface area contributed by atoms with Crippen LogP contribution in [0.15, 0.2) is 41.3 Å². The van der Waals surface area contributed by atoms with Crippen LogP contribution >= 0.6 is 0 Å². The van der Waals surface area contributed by atoms with Gasteiger partial charge in [0.25, 0.3) is 10.1 Å². The summed E-state index contributed by atoms with van der Waals surface area (Å²) in [5, 5.41) is 9.72. The lowest BCUT2D eigenvalue weighted by atomic mass is 10.1. The van der Waals surface area contributed by atoms with Gasteiger partial charge in [-0.1, -0.05) is 12.1 Å². The molecule has 0 aliphatic rings. The van der Waals surface area contributed by atoms with E-state index in [0.717, 1.165) is 5.56 Å². The second-order valence-electron chi connectivity index (χ2n) is 4.12. The molecule has 1 aromatic carbocycles. The molecule has 20 heavy (non-hydrogen) atoms. The highest BCUT2D eigenvalue weighted by Gasteiger charge is 2.10. The first-order valence-corrected chi connectivity index (χ1v) is 7.13. The first-order valence-electron chi connectivity index (χ1n) is 5.69. The number of ether oxygens (including phenoxy) is 1. The highest BCUT2D eigenvalue weighted by Crippen LogP contribution is 2.22. The van der Waals surface area contributed by atoms with Crippen molar-refractivity contribution in [3.05, 3.63) is 47.7 Å². The number of hydrogen-bond donors (Lipinski definition) is 2. The molecule has 0 unspecified atom stereocenters. The van der Waals surface area contributed by atoms with Gasteiger partial charge in [0.1, 0.15) is 5.75 Å². The Morgan fingerprint density at radius 1 is 1.15 bits per heavy atom. The van der Waals surface area contributed by atoms with Crippen LogP contribution in [0.5, 0.6) is 11.6 Å². The van der Waals surface area contributed by atoms with Gasteiger partial charge >= 0.3 is 0 Å². The molecule has 2 rings (SSSR count). The van der Waals surface area contributed by atoms with Crippen molar-refractivity contribution in [3.63, 3.8) is 0 Å². The molecule has 0 saturated heterocycles. The Morgan fingerprint density at radius 3 is 2.35 bits per heavy atom. The van der Waals surface area contributed by atoms with E-state index in [2.05, 4.69) is 4.98 Å². The van der Waals surface area contributed by atoms with E-state index in [1.54, 1.807) is 18.2 Å². The van der Waals surface area contributed by atoms with Gasteiger partial charge in [0.2, 0.25) is 5.88 Å². The number of methoxy groups -OCH3 is 1. The van der Waals surface area contributed by atoms with Crippen LogP contribution in [0, 0.1) is 0 Å². The van der Waals surface area contributed by atoms with E-state index >= 15 is 0 Å². The van der Waals surface area contributed by atoms with Crippen molar-refractivity contribution in [2.45, 2.75) is 11.3 Å². The second kappa shape index (κ2) is 5.48. The summed E-state index contributed by atoms with van der Waals surface area (Å²) >= 11 is 0. The van der Waals surface area contributed by atoms with Gasteiger partial charge in [0, 0.05) is 12.5 Å². The van der Waals surface area contributed by atoms with Crippen LogP contribution in [0.1, 0.15) is 11.3 Å². The molecular formula is C13H13NO5S. The number of pyridine rings is 1. The Kier molecular flexibility index (Phi) is 3.91. The molecule has 0 atom stereocenters. The number of hydrogen-bond acceptors (Lipinski definition) is 5. The predicted octanol–water partition coefficient (Wildman–Crippen LogP) is 1.63. The Labute approximate surface area is 116 Å². The summed E-state index contributed by atoms with van der Waals surface area (Å²) in [6.07, 6.45) is 0.314. The molecule has 0 aliphatic heterocycles. The van der Waals surface area contributed by atoms with Gasteiger partial charge in [-0.2, -0.15) is 8.42 Å². The van der Waals surface area contributed by atoms with Gasteiger partial charge in [-0.3, -0.25) is 4.55 Å². The van der Waals surface area contributed by atoms with Crippen molar-refractivity contribution in [2.75, 3.05) is 7.11 Å². The lowest BCUT2D eigenvalue weighted by Gasteiger charge is -2.06. The van der Waals surface area contributed by atoms with Crippen molar-refractivity contribution >= 4 is 10.1 Å². The van der Waals surface area contributed by atoms with Crippen LogP contribution in [-0.4, -0.2) is 30.2 Å². The smallest absolute Gasteiger partial charge is 0.294 e. The van der Waals surface area contributed by atoms with Crippen molar-refractivity contribution in [1.29, 1.82) is 0 Å². The molecule has 6 nitrogen and oxygen atoms in total. The van der Waals surface area contributed by atoms with E-state index in [4.69, 9.17) is 9.29 Å². The van der Waals surface area contributed by atoms with Crippen LogP contribution in [0.2, 0.25) is 0 Å². The van der Waals surface area contributed by atoms with Gasteiger partial charge in [-0.15, -0.1) is 0 Å². The molecule has 2 aromatic rings. The molecule has 0 spiro atoms. The van der Waals surface area contributed by atoms with Gasteiger partial charge in [0.15, 0.2) is 0 Å². The topological polar surface area (TPSA) is 96.7 Å². The fraction of sp³-hybridized carbons (Fsp3) is 0.154. The maximum absolute atomic E-state index is 10.9. The van der Waals surface area contributed by atoms with Gasteiger partial charge in [-0.05, 0) is 23.8 Å². The highest BCUT2D eigenvalue weighted by atomic mass is 32.2. The number of benzene rings is 1. The molecular weight excluding hydrogens is 282 g/mol. The third kappa shape index (κ3) is 3.25. The molecule has 106 valence electrons. The lowest BCUT2D eigenvalue weighted by Crippen LogP contribution is -1.99. The Hall–Kier alpha value is -2.12. The van der Waals surface area contributed by atoms with E-state index in [1.165, 1.54) is 25.3 Å². The van der Waals surface area contributed by atoms with E-state index in [9.17, 15) is 13.5 Å². The Morgan fingerprint density at radius 2 is 1.80 bits per heavy atom. The number of aromatic hydroxyl groups is 1. The lowest BCUT2D eigenvalue weighted by molar-refractivity contribution is 0.391. The first-order chi connectivity index (χ1) is 9.40. The zero-order valence-electron chi connectivity index (χ0n) is 10.6. The van der Waals surface area contributed by atoms with Gasteiger partial charge in [-0.25, -0.2) is 4.98 Å². The average molecular weight is 295 g/mol. The van der Waals surface area contributed by atoms with Crippen LogP contribution in [-0.2, 0) is 16.5 Å². The maximum atomic E-state index is 10.9. The van der Waals surface area contributed by atoms with Crippen molar-refractivity contribution in [3.8, 4) is 11.6 Å². The minimum Gasteiger partial charge on any atom is -0.506 e. The van der Waals surface area contributed by atoms with Crippen LogP contribution in [0.25, 0.3) is 0 Å². The number of rotatable bonds is 4. The zero-order valence-corrected chi connectivity index (χ0v) is 11.5. The zero-order chi connectivity index (χ0) is 14.8. The normalized spacial score (nSPS) is 11.3. The summed E-state index contributed by atoms with van der Waals surface area (Å²) < 4.78 is 35.7. The fourth-order valence-corrected chi connectivity index (χ4v) is 2.17. The summed E-state index contributed by atoms with van der Waals surface area (Å²) in [5.74, 6) is 0.414. The first kappa shape index (κ1) is 14.3. The molecule has 0 aliphatic carbocycles. The third-order valence-electron chi connectivity index (χ3n) is 2.73. The summed E-state index contributed by atoms with van der Waals surface area (Å²) in [6, 6.07) is 8.70. The number of nitrogens with zero attached hydrogens (tertiary/aromatic N) is 1. The molecule has 0 bridgehead atoms. The number of aromatic nitrogens is 1. The van der Waals surface area contributed by atoms with Gasteiger partial charge < -0.3 is 9.84 Å². The molecule has 0 fully saturated rings. The monoisotopic (exact) mass is 295 g/mol. The van der Waals surface area contributed by atoms with E-state index in [1.807, 2.05) is 0 Å². The summed E-state index contributed by atoms with van der Waals surface area (Å²) in [7, 11) is -2.72. The molecule has 0 amide bonds. The minimum atomic E-state index is -4.20.